The topological polar surface area (TPSA) is 67.9 Å². The van der Waals surface area contributed by atoms with Gasteiger partial charge in [-0.05, 0) is 67.1 Å². The van der Waals surface area contributed by atoms with Crippen LogP contribution in [-0.2, 0) is 20.7 Å². The van der Waals surface area contributed by atoms with E-state index in [0.717, 1.165) is 36.1 Å². The highest BCUT2D eigenvalue weighted by Crippen LogP contribution is 2.39. The molecule has 2 heterocycles. The Labute approximate surface area is 206 Å². The fraction of sp³-hybridized carbons (Fsp3) is 0.500. The molecule has 1 N–H and O–H groups in total. The van der Waals surface area contributed by atoms with E-state index in [-0.39, 0.29) is 29.8 Å². The van der Waals surface area contributed by atoms with Crippen LogP contribution in [0, 0.1) is 11.2 Å². The van der Waals surface area contributed by atoms with Gasteiger partial charge >= 0.3 is 0 Å². The van der Waals surface area contributed by atoms with Gasteiger partial charge in [0.05, 0.1) is 12.1 Å². The van der Waals surface area contributed by atoms with Crippen LogP contribution in [0.4, 0.5) is 4.39 Å². The van der Waals surface area contributed by atoms with Crippen LogP contribution in [0.2, 0.25) is 0 Å². The first-order valence-corrected chi connectivity index (χ1v) is 12.4. The molecule has 3 atom stereocenters. The predicted octanol–water partition coefficient (Wildman–Crippen LogP) is 4.41. The molecule has 0 bridgehead atoms. The molecule has 1 saturated heterocycles. The summed E-state index contributed by atoms with van der Waals surface area (Å²) >= 11 is 0. The van der Waals surface area contributed by atoms with E-state index in [1.54, 1.807) is 19.1 Å². The molecule has 2 aliphatic heterocycles. The number of fused-ring (bicyclic) bond motifs is 1. The summed E-state index contributed by atoms with van der Waals surface area (Å²) in [5.74, 6) is 0.0719. The summed E-state index contributed by atoms with van der Waals surface area (Å²) in [6, 6.07) is 11.7. The van der Waals surface area contributed by atoms with Gasteiger partial charge in [-0.3, -0.25) is 9.59 Å². The van der Waals surface area contributed by atoms with Crippen LogP contribution in [0.5, 0.6) is 5.75 Å². The molecule has 4 rings (SSSR count). The van der Waals surface area contributed by atoms with Crippen molar-refractivity contribution >= 4 is 11.8 Å². The summed E-state index contributed by atoms with van der Waals surface area (Å²) in [6.07, 6.45) is 2.07. The van der Waals surface area contributed by atoms with Crippen molar-refractivity contribution in [3.63, 3.8) is 0 Å². The normalized spacial score (nSPS) is 20.8. The number of hydrogen-bond acceptors (Lipinski definition) is 4. The number of halogens is 1. The summed E-state index contributed by atoms with van der Waals surface area (Å²) in [5.41, 5.74) is 2.33. The summed E-state index contributed by atoms with van der Waals surface area (Å²) in [5, 5.41) is 2.91. The molecular formula is C28H35FN2O4. The Morgan fingerprint density at radius 1 is 1.20 bits per heavy atom. The van der Waals surface area contributed by atoms with Crippen LogP contribution in [0.25, 0.3) is 0 Å². The van der Waals surface area contributed by atoms with Gasteiger partial charge < -0.3 is 19.7 Å². The average Bonchev–Trinajstić information content (AvgIpc) is 3.35. The van der Waals surface area contributed by atoms with Crippen LogP contribution in [-0.4, -0.2) is 48.6 Å². The van der Waals surface area contributed by atoms with Gasteiger partial charge in [0.15, 0.2) is 6.10 Å². The molecule has 6 nitrogen and oxygen atoms in total. The third-order valence-electron chi connectivity index (χ3n) is 6.64. The molecule has 2 aromatic carbocycles. The zero-order valence-electron chi connectivity index (χ0n) is 21.0. The van der Waals surface area contributed by atoms with Crippen molar-refractivity contribution in [1.82, 2.24) is 10.2 Å². The third kappa shape index (κ3) is 5.84. The number of carbonyl (C=O) groups excluding carboxylic acids is 2. The minimum atomic E-state index is -0.686. The van der Waals surface area contributed by atoms with Gasteiger partial charge in [0.2, 0.25) is 5.91 Å². The third-order valence-corrected chi connectivity index (χ3v) is 6.64. The van der Waals surface area contributed by atoms with Gasteiger partial charge in [0.1, 0.15) is 11.6 Å². The highest BCUT2D eigenvalue weighted by atomic mass is 19.1. The summed E-state index contributed by atoms with van der Waals surface area (Å²) in [6.45, 7) is 9.23. The summed E-state index contributed by atoms with van der Waals surface area (Å²) in [7, 11) is 0. The van der Waals surface area contributed by atoms with Crippen molar-refractivity contribution in [3.05, 3.63) is 65.0 Å². The van der Waals surface area contributed by atoms with Gasteiger partial charge in [-0.15, -0.1) is 0 Å². The predicted molar refractivity (Wildman–Crippen MR) is 132 cm³/mol. The molecule has 2 aliphatic rings. The molecule has 0 aromatic heterocycles. The standard InChI is InChI=1S/C28H35FN2O4/c1-18(26(32)30-17-23-6-5-15-34-23)35-22-12-9-19-13-14-31(27(33)28(2,3)4)25(24(19)16-22)20-7-10-21(29)11-8-20/h7-12,16,18,23,25H,5-6,13-15,17H2,1-4H3,(H,30,32). The molecule has 0 spiro atoms. The first-order valence-electron chi connectivity index (χ1n) is 12.4. The van der Waals surface area contributed by atoms with Gasteiger partial charge in [0.25, 0.3) is 5.91 Å². The van der Waals surface area contributed by atoms with Gasteiger partial charge in [-0.2, -0.15) is 0 Å². The number of ether oxygens (including phenoxy) is 2. The quantitative estimate of drug-likeness (QED) is 0.662. The zero-order chi connectivity index (χ0) is 25.2. The lowest BCUT2D eigenvalue weighted by Gasteiger charge is -2.41. The van der Waals surface area contributed by atoms with Gasteiger partial charge in [0, 0.05) is 25.1 Å². The largest absolute Gasteiger partial charge is 0.481 e. The molecule has 35 heavy (non-hydrogen) atoms. The molecule has 7 heteroatoms. The molecule has 0 radical (unpaired) electrons. The maximum atomic E-state index is 13.7. The number of nitrogens with one attached hydrogen (secondary N) is 1. The van der Waals surface area contributed by atoms with Crippen molar-refractivity contribution in [1.29, 1.82) is 0 Å². The highest BCUT2D eigenvalue weighted by molar-refractivity contribution is 5.83. The van der Waals surface area contributed by atoms with Crippen LogP contribution >= 0.6 is 0 Å². The van der Waals surface area contributed by atoms with Crippen molar-refractivity contribution in [2.75, 3.05) is 19.7 Å². The Hall–Kier alpha value is -2.93. The van der Waals surface area contributed by atoms with E-state index in [0.29, 0.717) is 25.3 Å². The van der Waals surface area contributed by atoms with E-state index in [9.17, 15) is 14.0 Å². The van der Waals surface area contributed by atoms with Crippen LogP contribution in [0.3, 0.4) is 0 Å². The maximum absolute atomic E-state index is 13.7. The smallest absolute Gasteiger partial charge is 0.260 e. The average molecular weight is 483 g/mol. The fourth-order valence-corrected chi connectivity index (χ4v) is 4.74. The molecular weight excluding hydrogens is 447 g/mol. The molecule has 3 unspecified atom stereocenters. The van der Waals surface area contributed by atoms with Crippen molar-refractivity contribution < 1.29 is 23.5 Å². The van der Waals surface area contributed by atoms with Gasteiger partial charge in [-0.1, -0.05) is 39.0 Å². The lowest BCUT2D eigenvalue weighted by Crippen LogP contribution is -2.45. The molecule has 2 aromatic rings. The Bertz CT molecular complexity index is 1060. The monoisotopic (exact) mass is 482 g/mol. The molecule has 2 amide bonds. The van der Waals surface area contributed by atoms with Crippen molar-refractivity contribution in [2.45, 2.75) is 65.2 Å². The molecule has 0 saturated carbocycles. The van der Waals surface area contributed by atoms with E-state index >= 15 is 0 Å². The van der Waals surface area contributed by atoms with Crippen molar-refractivity contribution in [2.24, 2.45) is 5.41 Å². The van der Waals surface area contributed by atoms with Crippen LogP contribution in [0.15, 0.2) is 42.5 Å². The lowest BCUT2D eigenvalue weighted by atomic mass is 9.85. The minimum absolute atomic E-state index is 0.0330. The van der Waals surface area contributed by atoms with E-state index in [2.05, 4.69) is 5.32 Å². The first-order chi connectivity index (χ1) is 16.6. The SMILES string of the molecule is CC(Oc1ccc2c(c1)C(c1ccc(F)cc1)N(C(=O)C(C)(C)C)CC2)C(=O)NCC1CCCO1. The fourth-order valence-electron chi connectivity index (χ4n) is 4.74. The lowest BCUT2D eigenvalue weighted by molar-refractivity contribution is -0.141. The summed E-state index contributed by atoms with van der Waals surface area (Å²) < 4.78 is 25.3. The maximum Gasteiger partial charge on any atom is 0.260 e. The second-order valence-electron chi connectivity index (χ2n) is 10.5. The Morgan fingerprint density at radius 3 is 2.60 bits per heavy atom. The van der Waals surface area contributed by atoms with Crippen LogP contribution < -0.4 is 10.1 Å². The number of hydrogen-bond donors (Lipinski definition) is 1. The van der Waals surface area contributed by atoms with Crippen LogP contribution in [0.1, 0.15) is 63.3 Å². The second kappa shape index (κ2) is 10.4. The van der Waals surface area contributed by atoms with E-state index in [1.807, 2.05) is 43.9 Å². The number of nitrogens with zero attached hydrogens (tertiary/aromatic N) is 1. The van der Waals surface area contributed by atoms with E-state index in [4.69, 9.17) is 9.47 Å². The molecule has 0 aliphatic carbocycles. The number of carbonyl (C=O) groups is 2. The zero-order valence-corrected chi connectivity index (χ0v) is 21.0. The number of amides is 2. The van der Waals surface area contributed by atoms with E-state index in [1.165, 1.54) is 12.1 Å². The Morgan fingerprint density at radius 2 is 1.94 bits per heavy atom. The minimum Gasteiger partial charge on any atom is -0.481 e. The van der Waals surface area contributed by atoms with Gasteiger partial charge in [-0.25, -0.2) is 4.39 Å². The Balaban J connectivity index is 1.58. The Kier molecular flexibility index (Phi) is 7.45. The van der Waals surface area contributed by atoms with E-state index < -0.39 is 11.5 Å². The summed E-state index contributed by atoms with van der Waals surface area (Å²) in [4.78, 5) is 27.8. The van der Waals surface area contributed by atoms with Crippen molar-refractivity contribution in [3.8, 4) is 5.75 Å². The number of benzene rings is 2. The number of rotatable bonds is 6. The highest BCUT2D eigenvalue weighted by Gasteiger charge is 2.37. The second-order valence-corrected chi connectivity index (χ2v) is 10.5. The molecule has 188 valence electrons. The molecule has 1 fully saturated rings. The first kappa shape index (κ1) is 25.2.